The van der Waals surface area contributed by atoms with Crippen LogP contribution in [0.15, 0.2) is 24.5 Å². The quantitative estimate of drug-likeness (QED) is 0.619. The Labute approximate surface area is 186 Å². The highest BCUT2D eigenvalue weighted by Crippen LogP contribution is 2.43. The summed E-state index contributed by atoms with van der Waals surface area (Å²) in [4.78, 5) is 10.4. The Hall–Kier alpha value is -2.08. The number of pyridine rings is 2. The van der Waals surface area contributed by atoms with Crippen molar-refractivity contribution in [3.63, 3.8) is 0 Å². The summed E-state index contributed by atoms with van der Waals surface area (Å²) in [5, 5.41) is 3.23. The number of fused-ring (bicyclic) bond motifs is 1. The maximum absolute atomic E-state index is 13.6. The number of nitrogens with zero attached hydrogens (tertiary/aromatic N) is 3. The minimum absolute atomic E-state index is 0.126. The van der Waals surface area contributed by atoms with Gasteiger partial charge in [-0.2, -0.15) is 0 Å². The predicted octanol–water partition coefficient (Wildman–Crippen LogP) is 6.13. The van der Waals surface area contributed by atoms with E-state index in [2.05, 4.69) is 20.2 Å². The topological polar surface area (TPSA) is 41.1 Å². The molecule has 172 valence electrons. The van der Waals surface area contributed by atoms with Gasteiger partial charge in [0.1, 0.15) is 5.82 Å². The molecule has 3 aliphatic heterocycles. The van der Waals surface area contributed by atoms with Crippen molar-refractivity contribution in [3.05, 3.63) is 53.0 Å². The SMILES string of the molecule is CC.CC.Cc1cnc(C2CCCN2)c(F)c1.Cc1cnc(N2CC3CC2C3)c(F)c1. The van der Waals surface area contributed by atoms with Gasteiger partial charge in [-0.1, -0.05) is 27.7 Å². The normalized spacial score (nSPS) is 22.8. The van der Waals surface area contributed by atoms with Gasteiger partial charge in [0.25, 0.3) is 0 Å². The maximum atomic E-state index is 13.6. The number of hydrogen-bond donors (Lipinski definition) is 1. The number of rotatable bonds is 2. The molecule has 1 aliphatic carbocycles. The summed E-state index contributed by atoms with van der Waals surface area (Å²) >= 11 is 0. The molecular formula is C25H38F2N4. The van der Waals surface area contributed by atoms with Crippen molar-refractivity contribution in [1.82, 2.24) is 15.3 Å². The highest BCUT2D eigenvalue weighted by Gasteiger charge is 2.43. The van der Waals surface area contributed by atoms with E-state index in [1.807, 2.05) is 41.5 Å². The third-order valence-corrected chi connectivity index (χ3v) is 5.73. The van der Waals surface area contributed by atoms with Gasteiger partial charge in [0, 0.05) is 25.0 Å². The molecule has 2 aromatic heterocycles. The van der Waals surface area contributed by atoms with Gasteiger partial charge in [0.2, 0.25) is 0 Å². The van der Waals surface area contributed by atoms with Gasteiger partial charge >= 0.3 is 0 Å². The first-order valence-corrected chi connectivity index (χ1v) is 11.8. The third-order valence-electron chi connectivity index (χ3n) is 5.73. The summed E-state index contributed by atoms with van der Waals surface area (Å²) < 4.78 is 27.0. The fourth-order valence-corrected chi connectivity index (χ4v) is 4.25. The largest absolute Gasteiger partial charge is 0.351 e. The molecule has 0 radical (unpaired) electrons. The van der Waals surface area contributed by atoms with Crippen LogP contribution in [0.1, 0.15) is 76.2 Å². The van der Waals surface area contributed by atoms with Gasteiger partial charge in [-0.25, -0.2) is 13.8 Å². The molecule has 5 heterocycles. The van der Waals surface area contributed by atoms with E-state index in [9.17, 15) is 8.78 Å². The van der Waals surface area contributed by atoms with Gasteiger partial charge in [-0.05, 0) is 75.3 Å². The number of aryl methyl sites for hydroxylation is 2. The minimum atomic E-state index is -0.181. The highest BCUT2D eigenvalue weighted by atomic mass is 19.1. The van der Waals surface area contributed by atoms with Crippen LogP contribution in [0.3, 0.4) is 0 Å². The second-order valence-corrected chi connectivity index (χ2v) is 7.99. The van der Waals surface area contributed by atoms with Crippen LogP contribution in [0.4, 0.5) is 14.6 Å². The van der Waals surface area contributed by atoms with E-state index in [0.717, 1.165) is 43.0 Å². The molecule has 1 saturated carbocycles. The van der Waals surface area contributed by atoms with Crippen LogP contribution in [0, 0.1) is 31.4 Å². The molecule has 0 spiro atoms. The summed E-state index contributed by atoms with van der Waals surface area (Å²) in [6, 6.07) is 3.80. The summed E-state index contributed by atoms with van der Waals surface area (Å²) in [5.41, 5.74) is 2.33. The molecule has 6 heteroatoms. The van der Waals surface area contributed by atoms with Gasteiger partial charge in [-0.15, -0.1) is 0 Å². The molecule has 0 aromatic carbocycles. The van der Waals surface area contributed by atoms with Crippen LogP contribution in [-0.2, 0) is 0 Å². The lowest BCUT2D eigenvalue weighted by molar-refractivity contribution is 0.380. The first-order chi connectivity index (χ1) is 15.0. The lowest BCUT2D eigenvalue weighted by atomic mass is 9.86. The van der Waals surface area contributed by atoms with Crippen molar-refractivity contribution in [3.8, 4) is 0 Å². The monoisotopic (exact) mass is 432 g/mol. The third kappa shape index (κ3) is 6.22. The molecule has 4 nitrogen and oxygen atoms in total. The lowest BCUT2D eigenvalue weighted by Crippen LogP contribution is -2.29. The Bertz CT molecular complexity index is 815. The molecule has 1 atom stereocenters. The summed E-state index contributed by atoms with van der Waals surface area (Å²) in [6.07, 6.45) is 8.03. The smallest absolute Gasteiger partial charge is 0.165 e. The van der Waals surface area contributed by atoms with E-state index in [-0.39, 0.29) is 17.7 Å². The molecule has 1 unspecified atom stereocenters. The second-order valence-electron chi connectivity index (χ2n) is 7.99. The fourth-order valence-electron chi connectivity index (χ4n) is 4.25. The van der Waals surface area contributed by atoms with E-state index in [4.69, 9.17) is 0 Å². The molecular weight excluding hydrogens is 394 g/mol. The van der Waals surface area contributed by atoms with Crippen molar-refractivity contribution in [2.24, 2.45) is 5.92 Å². The molecule has 1 N–H and O–H groups in total. The van der Waals surface area contributed by atoms with Gasteiger partial charge < -0.3 is 10.2 Å². The molecule has 2 aromatic rings. The first-order valence-electron chi connectivity index (χ1n) is 11.8. The van der Waals surface area contributed by atoms with E-state index < -0.39 is 0 Å². The predicted molar refractivity (Wildman–Crippen MR) is 124 cm³/mol. The number of anilines is 1. The molecule has 4 fully saturated rings. The van der Waals surface area contributed by atoms with Crippen molar-refractivity contribution in [2.45, 2.75) is 79.3 Å². The van der Waals surface area contributed by atoms with Gasteiger partial charge in [-0.3, -0.25) is 4.98 Å². The molecule has 0 amide bonds. The average molecular weight is 433 g/mol. The Morgan fingerprint density at radius 1 is 0.935 bits per heavy atom. The van der Waals surface area contributed by atoms with Crippen LogP contribution >= 0.6 is 0 Å². The van der Waals surface area contributed by atoms with E-state index >= 15 is 0 Å². The molecule has 2 bridgehead atoms. The van der Waals surface area contributed by atoms with Crippen molar-refractivity contribution in [2.75, 3.05) is 18.0 Å². The Morgan fingerprint density at radius 2 is 1.55 bits per heavy atom. The molecule has 6 rings (SSSR count). The first kappa shape index (κ1) is 25.2. The van der Waals surface area contributed by atoms with Crippen molar-refractivity contribution < 1.29 is 8.78 Å². The van der Waals surface area contributed by atoms with Crippen LogP contribution < -0.4 is 10.2 Å². The van der Waals surface area contributed by atoms with E-state index in [1.165, 1.54) is 12.8 Å². The van der Waals surface area contributed by atoms with Crippen molar-refractivity contribution >= 4 is 5.82 Å². The minimum Gasteiger partial charge on any atom is -0.351 e. The Kier molecular flexibility index (Phi) is 9.82. The number of aromatic nitrogens is 2. The number of hydrogen-bond acceptors (Lipinski definition) is 4. The standard InChI is InChI=1S/C11H13FN2.C10H13FN2.2C2H6/c1-7-2-10(12)11(13-5-7)14-6-8-3-9(14)4-8;1-7-5-8(11)10(13-6-7)9-3-2-4-12-9;2*1-2/h2,5,8-9H,3-4,6H2,1H3;5-6,9,12H,2-4H2,1H3;2*1-2H3. The van der Waals surface area contributed by atoms with E-state index in [1.54, 1.807) is 24.5 Å². The van der Waals surface area contributed by atoms with Crippen LogP contribution in [0.2, 0.25) is 0 Å². The van der Waals surface area contributed by atoms with Crippen molar-refractivity contribution in [1.29, 1.82) is 0 Å². The summed E-state index contributed by atoms with van der Waals surface area (Å²) in [7, 11) is 0. The van der Waals surface area contributed by atoms with Crippen LogP contribution in [0.5, 0.6) is 0 Å². The van der Waals surface area contributed by atoms with E-state index in [0.29, 0.717) is 17.6 Å². The fraction of sp³-hybridized carbons (Fsp3) is 0.600. The summed E-state index contributed by atoms with van der Waals surface area (Å²) in [5.74, 6) is 1.00. The molecule has 4 aliphatic rings. The lowest BCUT2D eigenvalue weighted by Gasteiger charge is -2.26. The number of halogens is 2. The molecule has 3 saturated heterocycles. The van der Waals surface area contributed by atoms with Crippen LogP contribution in [0.25, 0.3) is 0 Å². The zero-order valence-electron chi connectivity index (χ0n) is 19.9. The second kappa shape index (κ2) is 12.1. The zero-order chi connectivity index (χ0) is 23.0. The van der Waals surface area contributed by atoms with Gasteiger partial charge in [0.05, 0.1) is 11.7 Å². The zero-order valence-corrected chi connectivity index (χ0v) is 19.9. The summed E-state index contributed by atoms with van der Waals surface area (Å²) in [6.45, 7) is 13.7. The Balaban J connectivity index is 0.000000191. The average Bonchev–Trinajstić information content (AvgIpc) is 3.49. The maximum Gasteiger partial charge on any atom is 0.165 e. The van der Waals surface area contributed by atoms with Gasteiger partial charge in [0.15, 0.2) is 11.6 Å². The van der Waals surface area contributed by atoms with Crippen LogP contribution in [-0.4, -0.2) is 29.1 Å². The molecule has 31 heavy (non-hydrogen) atoms. The Morgan fingerprint density at radius 3 is 2.03 bits per heavy atom. The highest BCUT2D eigenvalue weighted by molar-refractivity contribution is 5.45. The number of nitrogens with one attached hydrogen (secondary N) is 1.